The van der Waals surface area contributed by atoms with Crippen molar-refractivity contribution in [1.29, 1.82) is 0 Å². The molecule has 0 unspecified atom stereocenters. The van der Waals surface area contributed by atoms with Crippen LogP contribution in [0, 0.1) is 0 Å². The van der Waals surface area contributed by atoms with Gasteiger partial charge in [0.1, 0.15) is 0 Å². The Kier molecular flexibility index (Phi) is 9.75. The first-order valence-electron chi connectivity index (χ1n) is 24.3. The Morgan fingerprint density at radius 1 is 0.309 bits per heavy atom. The van der Waals surface area contributed by atoms with E-state index in [9.17, 15) is 0 Å². The fourth-order valence-electron chi connectivity index (χ4n) is 10.6. The first kappa shape index (κ1) is 43.5. The standard InChI is InChI=1S/C64H62N4/c1-61(2,3)41-17-25-55-49(31-41)50-32-42(62(4,5)6)18-26-56(50)67(55)45-21-23-47-53(35-45)59(39-15-13-29-65-37-39)48-24-22-46(36-54(48)60(47)40-16-14-30-66-38-40)68-57-27-19-43(63(7,8)9)33-51(57)52-34-44(64(10,11)12)20-28-58(52)68/h13-38H,1-12H3. The summed E-state index contributed by atoms with van der Waals surface area (Å²) in [5.74, 6) is 0. The topological polar surface area (TPSA) is 35.6 Å². The van der Waals surface area contributed by atoms with Crippen molar-refractivity contribution in [2.24, 2.45) is 0 Å². The predicted octanol–water partition coefficient (Wildman–Crippen LogP) is 17.5. The molecule has 4 heteroatoms. The second-order valence-corrected chi connectivity index (χ2v) is 23.3. The molecule has 11 aromatic rings. The molecule has 338 valence electrons. The highest BCUT2D eigenvalue weighted by molar-refractivity contribution is 6.22. The summed E-state index contributed by atoms with van der Waals surface area (Å²) in [6.45, 7) is 27.6. The minimum absolute atomic E-state index is 0.0164. The van der Waals surface area contributed by atoms with Gasteiger partial charge in [-0.2, -0.15) is 0 Å². The highest BCUT2D eigenvalue weighted by Gasteiger charge is 2.25. The average molecular weight is 887 g/mol. The van der Waals surface area contributed by atoms with Gasteiger partial charge in [-0.25, -0.2) is 0 Å². The van der Waals surface area contributed by atoms with Crippen LogP contribution in [0.1, 0.15) is 105 Å². The summed E-state index contributed by atoms with van der Waals surface area (Å²) in [7, 11) is 0. The lowest BCUT2D eigenvalue weighted by molar-refractivity contribution is 0.590. The molecule has 0 aliphatic heterocycles. The van der Waals surface area contributed by atoms with Gasteiger partial charge >= 0.3 is 0 Å². The Bertz CT molecular complexity index is 3400. The molecule has 4 aromatic heterocycles. The van der Waals surface area contributed by atoms with E-state index in [2.05, 4.69) is 226 Å². The highest BCUT2D eigenvalue weighted by Crippen LogP contribution is 2.47. The molecule has 0 amide bonds. The molecule has 0 fully saturated rings. The monoisotopic (exact) mass is 886 g/mol. The van der Waals surface area contributed by atoms with Crippen LogP contribution in [0.2, 0.25) is 0 Å². The summed E-state index contributed by atoms with van der Waals surface area (Å²) in [5.41, 5.74) is 17.0. The molecular weight excluding hydrogens is 825 g/mol. The van der Waals surface area contributed by atoms with E-state index in [0.717, 1.165) is 22.5 Å². The Morgan fingerprint density at radius 3 is 0.882 bits per heavy atom. The Hall–Kier alpha value is -7.04. The molecule has 0 atom stereocenters. The van der Waals surface area contributed by atoms with Gasteiger partial charge < -0.3 is 9.13 Å². The maximum Gasteiger partial charge on any atom is 0.0541 e. The van der Waals surface area contributed by atoms with Gasteiger partial charge in [0.05, 0.1) is 22.1 Å². The van der Waals surface area contributed by atoms with E-state index in [1.54, 1.807) is 0 Å². The molecule has 0 aliphatic carbocycles. The third-order valence-electron chi connectivity index (χ3n) is 14.5. The highest BCUT2D eigenvalue weighted by atomic mass is 15.0. The van der Waals surface area contributed by atoms with Crippen LogP contribution in [-0.2, 0) is 21.7 Å². The fourth-order valence-corrected chi connectivity index (χ4v) is 10.6. The van der Waals surface area contributed by atoms with E-state index in [1.807, 2.05) is 24.8 Å². The minimum atomic E-state index is 0.0164. The lowest BCUT2D eigenvalue weighted by Crippen LogP contribution is -2.10. The lowest BCUT2D eigenvalue weighted by Gasteiger charge is -2.21. The zero-order valence-electron chi connectivity index (χ0n) is 41.8. The second-order valence-electron chi connectivity index (χ2n) is 23.3. The van der Waals surface area contributed by atoms with Crippen molar-refractivity contribution >= 4 is 65.2 Å². The number of hydrogen-bond donors (Lipinski definition) is 0. The lowest BCUT2D eigenvalue weighted by atomic mass is 9.85. The molecule has 11 rings (SSSR count). The molecule has 0 saturated carbocycles. The van der Waals surface area contributed by atoms with E-state index in [0.29, 0.717) is 0 Å². The predicted molar refractivity (Wildman–Crippen MR) is 291 cm³/mol. The molecule has 7 aromatic carbocycles. The number of aromatic nitrogens is 4. The van der Waals surface area contributed by atoms with E-state index >= 15 is 0 Å². The maximum atomic E-state index is 4.72. The van der Waals surface area contributed by atoms with E-state index < -0.39 is 0 Å². The van der Waals surface area contributed by atoms with Crippen molar-refractivity contribution < 1.29 is 0 Å². The number of fused-ring (bicyclic) bond motifs is 8. The van der Waals surface area contributed by atoms with Crippen LogP contribution >= 0.6 is 0 Å². The van der Waals surface area contributed by atoms with Crippen molar-refractivity contribution in [3.63, 3.8) is 0 Å². The second kappa shape index (κ2) is 15.2. The van der Waals surface area contributed by atoms with Crippen LogP contribution in [0.3, 0.4) is 0 Å². The average Bonchev–Trinajstić information content (AvgIpc) is 3.81. The quantitative estimate of drug-likeness (QED) is 0.165. The van der Waals surface area contributed by atoms with Crippen LogP contribution in [-0.4, -0.2) is 19.1 Å². The van der Waals surface area contributed by atoms with Gasteiger partial charge in [0.25, 0.3) is 0 Å². The van der Waals surface area contributed by atoms with E-state index in [-0.39, 0.29) is 21.7 Å². The number of pyridine rings is 2. The molecule has 0 bridgehead atoms. The van der Waals surface area contributed by atoms with Crippen molar-refractivity contribution in [2.45, 2.75) is 105 Å². The molecule has 4 heterocycles. The van der Waals surface area contributed by atoms with Crippen LogP contribution in [0.5, 0.6) is 0 Å². The van der Waals surface area contributed by atoms with Gasteiger partial charge in [-0.15, -0.1) is 0 Å². The maximum absolute atomic E-state index is 4.72. The van der Waals surface area contributed by atoms with Gasteiger partial charge in [-0.05, 0) is 162 Å². The summed E-state index contributed by atoms with van der Waals surface area (Å²) in [5, 5.41) is 9.80. The van der Waals surface area contributed by atoms with Crippen molar-refractivity contribution in [1.82, 2.24) is 19.1 Å². The van der Waals surface area contributed by atoms with Gasteiger partial charge in [0, 0.05) is 68.8 Å². The van der Waals surface area contributed by atoms with Crippen LogP contribution in [0.15, 0.2) is 158 Å². The molecular formula is C64H62N4. The van der Waals surface area contributed by atoms with Crippen LogP contribution in [0.4, 0.5) is 0 Å². The summed E-state index contributed by atoms with van der Waals surface area (Å²) in [6.07, 6.45) is 7.78. The summed E-state index contributed by atoms with van der Waals surface area (Å²) >= 11 is 0. The van der Waals surface area contributed by atoms with Crippen molar-refractivity contribution in [3.05, 3.63) is 181 Å². The first-order valence-corrected chi connectivity index (χ1v) is 24.3. The minimum Gasteiger partial charge on any atom is -0.309 e. The fraction of sp³-hybridized carbons (Fsp3) is 0.250. The van der Waals surface area contributed by atoms with Crippen LogP contribution in [0.25, 0.3) is 98.8 Å². The number of rotatable bonds is 4. The van der Waals surface area contributed by atoms with E-state index in [4.69, 9.17) is 9.97 Å². The first-order chi connectivity index (χ1) is 32.3. The van der Waals surface area contributed by atoms with Crippen molar-refractivity contribution in [2.75, 3.05) is 0 Å². The summed E-state index contributed by atoms with van der Waals surface area (Å²) in [4.78, 5) is 9.44. The van der Waals surface area contributed by atoms with Gasteiger partial charge in [0.2, 0.25) is 0 Å². The molecule has 0 N–H and O–H groups in total. The third kappa shape index (κ3) is 7.11. The molecule has 0 saturated heterocycles. The molecule has 68 heavy (non-hydrogen) atoms. The molecule has 4 nitrogen and oxygen atoms in total. The number of nitrogens with zero attached hydrogens (tertiary/aromatic N) is 4. The Morgan fingerprint density at radius 2 is 0.618 bits per heavy atom. The van der Waals surface area contributed by atoms with Crippen molar-refractivity contribution in [3.8, 4) is 33.6 Å². The molecule has 0 aliphatic rings. The summed E-state index contributed by atoms with van der Waals surface area (Å²) < 4.78 is 4.96. The Balaban J connectivity index is 1.23. The zero-order valence-corrected chi connectivity index (χ0v) is 41.8. The normalized spacial score (nSPS) is 13.0. The van der Waals surface area contributed by atoms with Crippen LogP contribution < -0.4 is 0 Å². The smallest absolute Gasteiger partial charge is 0.0541 e. The zero-order chi connectivity index (χ0) is 47.7. The van der Waals surface area contributed by atoms with Gasteiger partial charge in [-0.3, -0.25) is 9.97 Å². The van der Waals surface area contributed by atoms with Gasteiger partial charge in [0.15, 0.2) is 0 Å². The number of benzene rings is 7. The van der Waals surface area contributed by atoms with E-state index in [1.165, 1.54) is 98.5 Å². The number of hydrogen-bond acceptors (Lipinski definition) is 2. The summed E-state index contributed by atoms with van der Waals surface area (Å²) in [6, 6.07) is 51.1. The SMILES string of the molecule is CC(C)(C)c1ccc2c(c1)c1cc(C(C)(C)C)ccc1n2-c1ccc2c(-c3cccnc3)c3cc(-n4c5ccc(C(C)(C)C)cc5c5cc(C(C)(C)C)ccc54)ccc3c(-c3cccnc3)c2c1. The largest absolute Gasteiger partial charge is 0.309 e. The Labute approximate surface area is 401 Å². The van der Waals surface area contributed by atoms with Gasteiger partial charge in [-0.1, -0.05) is 132 Å². The molecule has 0 spiro atoms. The third-order valence-corrected chi connectivity index (χ3v) is 14.5. The molecule has 0 radical (unpaired) electrons.